The first kappa shape index (κ1) is 23.7. The van der Waals surface area contributed by atoms with E-state index in [1.807, 2.05) is 4.90 Å². The molecule has 0 aromatic heterocycles. The lowest BCUT2D eigenvalue weighted by atomic mass is 10.1. The van der Waals surface area contributed by atoms with Gasteiger partial charge in [0.15, 0.2) is 9.84 Å². The Bertz CT molecular complexity index is 1250. The van der Waals surface area contributed by atoms with Crippen molar-refractivity contribution in [3.63, 3.8) is 0 Å². The maximum atomic E-state index is 14.6. The fourth-order valence-electron chi connectivity index (χ4n) is 3.75. The Morgan fingerprint density at radius 3 is 2.41 bits per heavy atom. The van der Waals surface area contributed by atoms with E-state index in [1.54, 1.807) is 66.7 Å². The van der Waals surface area contributed by atoms with Gasteiger partial charge in [0.1, 0.15) is 5.82 Å². The number of anilines is 2. The van der Waals surface area contributed by atoms with Gasteiger partial charge in [-0.15, -0.1) is 0 Å². The van der Waals surface area contributed by atoms with Crippen LogP contribution in [0.25, 0.3) is 0 Å². The number of nitrogens with zero attached hydrogens (tertiary/aromatic N) is 1. The minimum Gasteiger partial charge on any atom is -0.378 e. The van der Waals surface area contributed by atoms with E-state index in [1.165, 1.54) is 6.07 Å². The fraction of sp³-hybridized carbons (Fsp3) is 0.240. The van der Waals surface area contributed by atoms with Crippen LogP contribution in [0, 0.1) is 5.82 Å². The lowest BCUT2D eigenvalue weighted by molar-refractivity contribution is 0.122. The Hall–Kier alpha value is -3.43. The molecule has 9 heteroatoms. The van der Waals surface area contributed by atoms with Gasteiger partial charge in [0.25, 0.3) is 0 Å². The molecule has 0 spiro atoms. The molecule has 3 aromatic carbocycles. The number of para-hydroxylation sites is 1. The zero-order chi connectivity index (χ0) is 24.0. The van der Waals surface area contributed by atoms with Crippen LogP contribution in [0.2, 0.25) is 0 Å². The molecular formula is C25H26FN3O4S. The number of benzene rings is 3. The van der Waals surface area contributed by atoms with Gasteiger partial charge in [-0.25, -0.2) is 17.6 Å². The number of hydrogen-bond donors (Lipinski definition) is 2. The predicted octanol–water partition coefficient (Wildman–Crippen LogP) is 3.96. The molecule has 0 bridgehead atoms. The van der Waals surface area contributed by atoms with Crippen LogP contribution in [0.1, 0.15) is 11.1 Å². The first-order chi connectivity index (χ1) is 16.4. The van der Waals surface area contributed by atoms with Crippen LogP contribution in [0.15, 0.2) is 77.7 Å². The average molecular weight is 484 g/mol. The van der Waals surface area contributed by atoms with Gasteiger partial charge in [-0.3, -0.25) is 0 Å². The number of rotatable bonds is 7. The lowest BCUT2D eigenvalue weighted by Crippen LogP contribution is -2.36. The molecule has 3 aromatic rings. The van der Waals surface area contributed by atoms with E-state index in [0.29, 0.717) is 48.8 Å². The van der Waals surface area contributed by atoms with Crippen molar-refractivity contribution in [2.45, 2.75) is 17.2 Å². The van der Waals surface area contributed by atoms with Gasteiger partial charge >= 0.3 is 6.03 Å². The van der Waals surface area contributed by atoms with Gasteiger partial charge in [0.05, 0.1) is 29.5 Å². The van der Waals surface area contributed by atoms with E-state index in [9.17, 15) is 17.6 Å². The van der Waals surface area contributed by atoms with Crippen molar-refractivity contribution in [3.8, 4) is 0 Å². The number of urea groups is 1. The zero-order valence-corrected chi connectivity index (χ0v) is 19.4. The Kier molecular flexibility index (Phi) is 7.44. The summed E-state index contributed by atoms with van der Waals surface area (Å²) in [4.78, 5) is 14.6. The second-order valence-corrected chi connectivity index (χ2v) is 9.91. The number of nitrogens with one attached hydrogen (secondary N) is 2. The lowest BCUT2D eigenvalue weighted by Gasteiger charge is -2.29. The van der Waals surface area contributed by atoms with E-state index < -0.39 is 15.9 Å². The van der Waals surface area contributed by atoms with Crippen molar-refractivity contribution in [2.75, 3.05) is 36.5 Å². The highest BCUT2D eigenvalue weighted by Gasteiger charge is 2.18. The average Bonchev–Trinajstić information content (AvgIpc) is 2.85. The minimum absolute atomic E-state index is 0.122. The van der Waals surface area contributed by atoms with Crippen molar-refractivity contribution >= 4 is 27.2 Å². The minimum atomic E-state index is -3.57. The molecule has 4 rings (SSSR count). The summed E-state index contributed by atoms with van der Waals surface area (Å²) in [5.74, 6) is -0.597. The molecule has 1 aliphatic rings. The van der Waals surface area contributed by atoms with Crippen LogP contribution in [0.3, 0.4) is 0 Å². The summed E-state index contributed by atoms with van der Waals surface area (Å²) in [7, 11) is -3.57. The Morgan fingerprint density at radius 1 is 0.971 bits per heavy atom. The second-order valence-electron chi connectivity index (χ2n) is 7.92. The van der Waals surface area contributed by atoms with Crippen molar-refractivity contribution < 1.29 is 22.3 Å². The molecule has 0 unspecified atom stereocenters. The standard InChI is InChI=1S/C25H26FN3O4S/c26-22-16-19(10-11-24(22)29-12-14-33-15-13-29)17-27-25(30)28-23-9-5-4-6-20(23)18-34(31,32)21-7-2-1-3-8-21/h1-11,16H,12-15,17-18H2,(H2,27,28,30). The fourth-order valence-corrected chi connectivity index (χ4v) is 5.15. The third kappa shape index (κ3) is 5.92. The third-order valence-electron chi connectivity index (χ3n) is 5.53. The van der Waals surface area contributed by atoms with Gasteiger partial charge in [-0.2, -0.15) is 0 Å². The smallest absolute Gasteiger partial charge is 0.319 e. The van der Waals surface area contributed by atoms with Gasteiger partial charge < -0.3 is 20.3 Å². The monoisotopic (exact) mass is 483 g/mol. The molecule has 1 saturated heterocycles. The summed E-state index contributed by atoms with van der Waals surface area (Å²) >= 11 is 0. The first-order valence-corrected chi connectivity index (χ1v) is 12.6. The Labute approximate surface area is 198 Å². The molecule has 178 valence electrons. The number of sulfone groups is 1. The predicted molar refractivity (Wildman–Crippen MR) is 129 cm³/mol. The summed E-state index contributed by atoms with van der Waals surface area (Å²) in [5.41, 5.74) is 2.01. The molecule has 1 fully saturated rings. The number of carbonyl (C=O) groups excluding carboxylic acids is 1. The van der Waals surface area contributed by atoms with Gasteiger partial charge in [-0.1, -0.05) is 42.5 Å². The molecule has 2 N–H and O–H groups in total. The Morgan fingerprint density at radius 2 is 1.68 bits per heavy atom. The van der Waals surface area contributed by atoms with Crippen LogP contribution in [0.5, 0.6) is 0 Å². The summed E-state index contributed by atoms with van der Waals surface area (Å²) in [6.07, 6.45) is 0. The molecule has 0 radical (unpaired) electrons. The number of ether oxygens (including phenoxy) is 1. The van der Waals surface area contributed by atoms with Crippen molar-refractivity contribution in [2.24, 2.45) is 0 Å². The molecule has 0 atom stereocenters. The van der Waals surface area contributed by atoms with Crippen LogP contribution < -0.4 is 15.5 Å². The van der Waals surface area contributed by atoms with Crippen LogP contribution in [-0.2, 0) is 26.9 Å². The molecule has 2 amide bonds. The van der Waals surface area contributed by atoms with Gasteiger partial charge in [0.2, 0.25) is 0 Å². The zero-order valence-electron chi connectivity index (χ0n) is 18.5. The topological polar surface area (TPSA) is 87.7 Å². The first-order valence-electron chi connectivity index (χ1n) is 10.9. The maximum Gasteiger partial charge on any atom is 0.319 e. The largest absolute Gasteiger partial charge is 0.378 e. The SMILES string of the molecule is O=C(NCc1ccc(N2CCOCC2)c(F)c1)Nc1ccccc1CS(=O)(=O)c1ccccc1. The molecule has 34 heavy (non-hydrogen) atoms. The van der Waals surface area contributed by atoms with Crippen molar-refractivity contribution in [1.29, 1.82) is 0 Å². The summed E-state index contributed by atoms with van der Waals surface area (Å²) in [5, 5.41) is 5.40. The van der Waals surface area contributed by atoms with Crippen molar-refractivity contribution in [1.82, 2.24) is 5.32 Å². The normalized spacial score (nSPS) is 14.0. The summed E-state index contributed by atoms with van der Waals surface area (Å²) in [6.45, 7) is 2.53. The van der Waals surface area contributed by atoms with E-state index in [0.717, 1.165) is 0 Å². The van der Waals surface area contributed by atoms with E-state index in [4.69, 9.17) is 4.74 Å². The number of morpholine rings is 1. The highest BCUT2D eigenvalue weighted by Crippen LogP contribution is 2.23. The van der Waals surface area contributed by atoms with Crippen LogP contribution >= 0.6 is 0 Å². The number of carbonyl (C=O) groups is 1. The van der Waals surface area contributed by atoms with Gasteiger partial charge in [-0.05, 0) is 41.5 Å². The van der Waals surface area contributed by atoms with Crippen molar-refractivity contribution in [3.05, 3.63) is 89.7 Å². The molecule has 7 nitrogen and oxygen atoms in total. The quantitative estimate of drug-likeness (QED) is 0.531. The number of amides is 2. The molecule has 0 saturated carbocycles. The van der Waals surface area contributed by atoms with Crippen LogP contribution in [0.4, 0.5) is 20.6 Å². The second kappa shape index (κ2) is 10.7. The summed E-state index contributed by atoms with van der Waals surface area (Å²) < 4.78 is 45.4. The molecular weight excluding hydrogens is 457 g/mol. The number of halogens is 1. The van der Waals surface area contributed by atoms with Gasteiger partial charge in [0, 0.05) is 25.3 Å². The van der Waals surface area contributed by atoms with E-state index >= 15 is 0 Å². The third-order valence-corrected chi connectivity index (χ3v) is 7.21. The highest BCUT2D eigenvalue weighted by atomic mass is 32.2. The number of hydrogen-bond acceptors (Lipinski definition) is 5. The van der Waals surface area contributed by atoms with E-state index in [-0.39, 0.29) is 23.0 Å². The Balaban J connectivity index is 1.38. The maximum absolute atomic E-state index is 14.6. The summed E-state index contributed by atoms with van der Waals surface area (Å²) in [6, 6.07) is 19.3. The molecule has 1 aliphatic heterocycles. The van der Waals surface area contributed by atoms with E-state index in [2.05, 4.69) is 10.6 Å². The van der Waals surface area contributed by atoms with Crippen LogP contribution in [-0.4, -0.2) is 40.8 Å². The highest BCUT2D eigenvalue weighted by molar-refractivity contribution is 7.90. The molecule has 1 heterocycles. The molecule has 0 aliphatic carbocycles.